The fourth-order valence-electron chi connectivity index (χ4n) is 1.12. The topological polar surface area (TPSA) is 83.6 Å². The van der Waals surface area contributed by atoms with Crippen LogP contribution >= 0.6 is 0 Å². The van der Waals surface area contributed by atoms with Crippen LogP contribution in [0.5, 0.6) is 0 Å². The standard InChI is InChI=1S/C10H20N2O3/c1-10(2,11)7-8(13)12(3)6-4-5-9(14)15/h4-7,11H2,1-3H3,(H,14,15). The molecule has 0 unspecified atom stereocenters. The van der Waals surface area contributed by atoms with Gasteiger partial charge in [-0.25, -0.2) is 0 Å². The van der Waals surface area contributed by atoms with Gasteiger partial charge in [-0.1, -0.05) is 0 Å². The molecule has 0 rings (SSSR count). The molecule has 0 aromatic rings. The van der Waals surface area contributed by atoms with E-state index in [0.29, 0.717) is 13.0 Å². The Hall–Kier alpha value is -1.10. The predicted octanol–water partition coefficient (Wildman–Crippen LogP) is 0.437. The van der Waals surface area contributed by atoms with Crippen molar-refractivity contribution in [2.45, 2.75) is 38.6 Å². The maximum atomic E-state index is 11.5. The van der Waals surface area contributed by atoms with Crippen molar-refractivity contribution in [3.63, 3.8) is 0 Å². The van der Waals surface area contributed by atoms with E-state index in [9.17, 15) is 9.59 Å². The normalized spacial score (nSPS) is 11.2. The smallest absolute Gasteiger partial charge is 0.303 e. The molecule has 0 spiro atoms. The van der Waals surface area contributed by atoms with Crippen molar-refractivity contribution >= 4 is 11.9 Å². The number of carboxylic acid groups (broad SMARTS) is 1. The first-order valence-electron chi connectivity index (χ1n) is 4.97. The number of nitrogens with two attached hydrogens (primary N) is 1. The van der Waals surface area contributed by atoms with E-state index >= 15 is 0 Å². The first-order chi connectivity index (χ1) is 6.72. The Morgan fingerprint density at radius 1 is 1.40 bits per heavy atom. The second-order valence-electron chi connectivity index (χ2n) is 4.48. The summed E-state index contributed by atoms with van der Waals surface area (Å²) in [7, 11) is 1.66. The molecule has 0 aliphatic heterocycles. The summed E-state index contributed by atoms with van der Waals surface area (Å²) in [4.78, 5) is 23.3. The highest BCUT2D eigenvalue weighted by Gasteiger charge is 2.19. The van der Waals surface area contributed by atoms with Gasteiger partial charge >= 0.3 is 5.97 Å². The summed E-state index contributed by atoms with van der Waals surface area (Å²) in [6.07, 6.45) is 0.836. The molecule has 0 saturated carbocycles. The Bertz CT molecular complexity index is 233. The second-order valence-corrected chi connectivity index (χ2v) is 4.48. The van der Waals surface area contributed by atoms with Gasteiger partial charge in [0.25, 0.3) is 0 Å². The van der Waals surface area contributed by atoms with Gasteiger partial charge in [0.2, 0.25) is 5.91 Å². The van der Waals surface area contributed by atoms with E-state index in [2.05, 4.69) is 0 Å². The number of carbonyl (C=O) groups is 2. The van der Waals surface area contributed by atoms with Crippen LogP contribution in [-0.4, -0.2) is 41.0 Å². The quantitative estimate of drug-likeness (QED) is 0.674. The predicted molar refractivity (Wildman–Crippen MR) is 57.4 cm³/mol. The first kappa shape index (κ1) is 13.9. The molecule has 0 aliphatic carbocycles. The lowest BCUT2D eigenvalue weighted by atomic mass is 10.0. The molecule has 88 valence electrons. The van der Waals surface area contributed by atoms with Gasteiger partial charge in [-0.3, -0.25) is 9.59 Å². The Balaban J connectivity index is 3.85. The molecule has 5 heteroatoms. The minimum atomic E-state index is -0.838. The molecule has 0 saturated heterocycles. The number of aliphatic carboxylic acids is 1. The van der Waals surface area contributed by atoms with Crippen molar-refractivity contribution < 1.29 is 14.7 Å². The van der Waals surface area contributed by atoms with Crippen LogP contribution in [0.3, 0.4) is 0 Å². The summed E-state index contributed by atoms with van der Waals surface area (Å²) in [5.41, 5.74) is 5.19. The van der Waals surface area contributed by atoms with Crippen LogP contribution < -0.4 is 5.73 Å². The summed E-state index contributed by atoms with van der Waals surface area (Å²) < 4.78 is 0. The summed E-state index contributed by atoms with van der Waals surface area (Å²) in [6.45, 7) is 4.03. The zero-order chi connectivity index (χ0) is 12.1. The van der Waals surface area contributed by atoms with Gasteiger partial charge in [0.15, 0.2) is 0 Å². The van der Waals surface area contributed by atoms with Crippen LogP contribution in [0, 0.1) is 0 Å². The van der Waals surface area contributed by atoms with Crippen molar-refractivity contribution in [1.82, 2.24) is 4.90 Å². The Labute approximate surface area is 90.2 Å². The number of amides is 1. The maximum absolute atomic E-state index is 11.5. The third-order valence-electron chi connectivity index (χ3n) is 1.92. The van der Waals surface area contributed by atoms with E-state index in [1.165, 1.54) is 4.90 Å². The minimum Gasteiger partial charge on any atom is -0.481 e. The van der Waals surface area contributed by atoms with Gasteiger partial charge < -0.3 is 15.7 Å². The van der Waals surface area contributed by atoms with Gasteiger partial charge in [0.1, 0.15) is 0 Å². The molecule has 1 amide bonds. The largest absolute Gasteiger partial charge is 0.481 e. The number of carboxylic acids is 1. The molecule has 0 heterocycles. The van der Waals surface area contributed by atoms with Gasteiger partial charge in [-0.05, 0) is 20.3 Å². The fraction of sp³-hybridized carbons (Fsp3) is 0.800. The molecular weight excluding hydrogens is 196 g/mol. The first-order valence-corrected chi connectivity index (χ1v) is 4.97. The molecule has 0 aliphatic rings. The third kappa shape index (κ3) is 7.93. The van der Waals surface area contributed by atoms with Gasteiger partial charge in [-0.15, -0.1) is 0 Å². The van der Waals surface area contributed by atoms with Crippen LogP contribution in [-0.2, 0) is 9.59 Å². The Kier molecular flexibility index (Phi) is 5.28. The molecule has 5 nitrogen and oxygen atoms in total. The molecule has 0 radical (unpaired) electrons. The SMILES string of the molecule is CN(CCCC(=O)O)C(=O)CC(C)(C)N. The Morgan fingerprint density at radius 3 is 2.33 bits per heavy atom. The van der Waals surface area contributed by atoms with E-state index in [1.54, 1.807) is 20.9 Å². The number of hydrogen-bond acceptors (Lipinski definition) is 3. The van der Waals surface area contributed by atoms with Crippen molar-refractivity contribution in [2.75, 3.05) is 13.6 Å². The zero-order valence-electron chi connectivity index (χ0n) is 9.62. The van der Waals surface area contributed by atoms with Crippen molar-refractivity contribution in [3.8, 4) is 0 Å². The van der Waals surface area contributed by atoms with E-state index in [-0.39, 0.29) is 18.7 Å². The van der Waals surface area contributed by atoms with Crippen molar-refractivity contribution in [3.05, 3.63) is 0 Å². The molecule has 15 heavy (non-hydrogen) atoms. The fourth-order valence-corrected chi connectivity index (χ4v) is 1.12. The number of rotatable bonds is 6. The lowest BCUT2D eigenvalue weighted by Gasteiger charge is -2.23. The number of carbonyl (C=O) groups excluding carboxylic acids is 1. The number of hydrogen-bond donors (Lipinski definition) is 2. The second kappa shape index (κ2) is 5.70. The lowest BCUT2D eigenvalue weighted by Crippen LogP contribution is -2.40. The van der Waals surface area contributed by atoms with Crippen molar-refractivity contribution in [1.29, 1.82) is 0 Å². The average molecular weight is 216 g/mol. The van der Waals surface area contributed by atoms with E-state index < -0.39 is 11.5 Å². The monoisotopic (exact) mass is 216 g/mol. The van der Waals surface area contributed by atoms with Crippen LogP contribution in [0.4, 0.5) is 0 Å². The van der Waals surface area contributed by atoms with E-state index in [1.807, 2.05) is 0 Å². The number of nitrogens with zero attached hydrogens (tertiary/aromatic N) is 1. The summed E-state index contributed by atoms with van der Waals surface area (Å²) in [5, 5.41) is 8.43. The Morgan fingerprint density at radius 2 is 1.93 bits per heavy atom. The maximum Gasteiger partial charge on any atom is 0.303 e. The molecule has 0 aromatic carbocycles. The van der Waals surface area contributed by atoms with Gasteiger partial charge in [-0.2, -0.15) is 0 Å². The van der Waals surface area contributed by atoms with Crippen LogP contribution in [0.25, 0.3) is 0 Å². The van der Waals surface area contributed by atoms with Crippen LogP contribution in [0.1, 0.15) is 33.1 Å². The highest BCUT2D eigenvalue weighted by Crippen LogP contribution is 2.06. The lowest BCUT2D eigenvalue weighted by molar-refractivity contribution is -0.138. The molecular formula is C10H20N2O3. The molecule has 0 aromatic heterocycles. The summed E-state index contributed by atoms with van der Waals surface area (Å²) in [6, 6.07) is 0. The molecule has 0 bridgehead atoms. The molecule has 0 fully saturated rings. The minimum absolute atomic E-state index is 0.0483. The van der Waals surface area contributed by atoms with Gasteiger partial charge in [0.05, 0.1) is 0 Å². The summed E-state index contributed by atoms with van der Waals surface area (Å²) in [5.74, 6) is -0.886. The van der Waals surface area contributed by atoms with Crippen molar-refractivity contribution in [2.24, 2.45) is 5.73 Å². The highest BCUT2D eigenvalue weighted by molar-refractivity contribution is 5.77. The van der Waals surface area contributed by atoms with E-state index in [4.69, 9.17) is 10.8 Å². The highest BCUT2D eigenvalue weighted by atomic mass is 16.4. The zero-order valence-corrected chi connectivity index (χ0v) is 9.62. The third-order valence-corrected chi connectivity index (χ3v) is 1.92. The average Bonchev–Trinajstić information content (AvgIpc) is 1.99. The molecule has 0 atom stereocenters. The van der Waals surface area contributed by atoms with Crippen LogP contribution in [0.15, 0.2) is 0 Å². The van der Waals surface area contributed by atoms with E-state index in [0.717, 1.165) is 0 Å². The van der Waals surface area contributed by atoms with Crippen LogP contribution in [0.2, 0.25) is 0 Å². The van der Waals surface area contributed by atoms with Gasteiger partial charge in [0, 0.05) is 32.0 Å². The molecule has 3 N–H and O–H groups in total. The summed E-state index contributed by atoms with van der Waals surface area (Å²) >= 11 is 0.